The lowest BCUT2D eigenvalue weighted by molar-refractivity contribution is 0.180. The predicted molar refractivity (Wildman–Crippen MR) is 94.6 cm³/mol. The van der Waals surface area contributed by atoms with E-state index in [1.165, 1.54) is 11.3 Å². The molecule has 0 saturated carbocycles. The Bertz CT molecular complexity index is 726. The second kappa shape index (κ2) is 7.72. The molecule has 3 heterocycles. The lowest BCUT2D eigenvalue weighted by atomic mass is 10.3. The van der Waals surface area contributed by atoms with Gasteiger partial charge in [-0.1, -0.05) is 6.07 Å². The van der Waals surface area contributed by atoms with Crippen molar-refractivity contribution in [3.63, 3.8) is 0 Å². The number of pyridine rings is 1. The molecule has 2 aromatic rings. The number of aromatic nitrogens is 1. The highest BCUT2D eigenvalue weighted by Gasteiger charge is 2.29. The maximum atomic E-state index is 12.6. The first-order chi connectivity index (χ1) is 10.6. The molecule has 2 aromatic heterocycles. The third kappa shape index (κ3) is 4.30. The largest absolute Gasteiger partial charge is 0.295 e. The molecule has 1 fully saturated rings. The third-order valence-electron chi connectivity index (χ3n) is 3.75. The van der Waals surface area contributed by atoms with Gasteiger partial charge in [-0.3, -0.25) is 9.88 Å². The Morgan fingerprint density at radius 1 is 1.13 bits per heavy atom. The van der Waals surface area contributed by atoms with Crippen LogP contribution in [-0.4, -0.2) is 48.8 Å². The van der Waals surface area contributed by atoms with Gasteiger partial charge in [0.15, 0.2) is 0 Å². The summed E-state index contributed by atoms with van der Waals surface area (Å²) in [6.45, 7) is 5.24. The highest BCUT2D eigenvalue weighted by molar-refractivity contribution is 7.91. The number of rotatable bonds is 4. The molecule has 0 aliphatic carbocycles. The minimum Gasteiger partial charge on any atom is -0.295 e. The fourth-order valence-electron chi connectivity index (χ4n) is 2.53. The Morgan fingerprint density at radius 2 is 1.87 bits per heavy atom. The number of hydrogen-bond donors (Lipinski definition) is 0. The maximum Gasteiger partial charge on any atom is 0.252 e. The van der Waals surface area contributed by atoms with E-state index in [1.54, 1.807) is 16.6 Å². The number of thiophene rings is 1. The van der Waals surface area contributed by atoms with E-state index in [-0.39, 0.29) is 12.4 Å². The molecule has 0 N–H and O–H groups in total. The van der Waals surface area contributed by atoms with E-state index < -0.39 is 10.0 Å². The smallest absolute Gasteiger partial charge is 0.252 e. The van der Waals surface area contributed by atoms with Crippen molar-refractivity contribution in [2.75, 3.05) is 26.2 Å². The van der Waals surface area contributed by atoms with Gasteiger partial charge in [0.2, 0.25) is 0 Å². The molecule has 3 rings (SSSR count). The van der Waals surface area contributed by atoms with E-state index in [9.17, 15) is 8.42 Å². The van der Waals surface area contributed by atoms with Crippen LogP contribution in [-0.2, 0) is 16.6 Å². The first kappa shape index (κ1) is 18.4. The van der Waals surface area contributed by atoms with Crippen molar-refractivity contribution in [3.05, 3.63) is 47.1 Å². The van der Waals surface area contributed by atoms with Crippen LogP contribution in [0.3, 0.4) is 0 Å². The van der Waals surface area contributed by atoms with Gasteiger partial charge in [0.25, 0.3) is 10.0 Å². The number of nitrogens with zero attached hydrogens (tertiary/aromatic N) is 3. The summed E-state index contributed by atoms with van der Waals surface area (Å²) in [5, 5.41) is 0. The molecule has 0 bridgehead atoms. The molecule has 0 unspecified atom stereocenters. The van der Waals surface area contributed by atoms with Crippen molar-refractivity contribution in [2.24, 2.45) is 0 Å². The average molecular weight is 374 g/mol. The molecule has 0 atom stereocenters. The number of halogens is 1. The number of aryl methyl sites for hydroxylation is 1. The van der Waals surface area contributed by atoms with Crippen LogP contribution in [0.1, 0.15) is 10.6 Å². The van der Waals surface area contributed by atoms with Crippen LogP contribution in [0.15, 0.2) is 40.7 Å². The van der Waals surface area contributed by atoms with Crippen molar-refractivity contribution in [1.29, 1.82) is 0 Å². The topological polar surface area (TPSA) is 53.5 Å². The van der Waals surface area contributed by atoms with E-state index in [1.807, 2.05) is 31.2 Å². The van der Waals surface area contributed by atoms with Gasteiger partial charge in [-0.15, -0.1) is 23.7 Å². The quantitative estimate of drug-likeness (QED) is 0.825. The number of sulfonamides is 1. The molecule has 8 heteroatoms. The van der Waals surface area contributed by atoms with Gasteiger partial charge in [-0.05, 0) is 31.2 Å². The van der Waals surface area contributed by atoms with Crippen LogP contribution < -0.4 is 0 Å². The van der Waals surface area contributed by atoms with Gasteiger partial charge in [0.1, 0.15) is 4.21 Å². The van der Waals surface area contributed by atoms with Gasteiger partial charge in [0, 0.05) is 43.8 Å². The van der Waals surface area contributed by atoms with Crippen LogP contribution in [0.5, 0.6) is 0 Å². The summed E-state index contributed by atoms with van der Waals surface area (Å²) in [5.74, 6) is 0. The summed E-state index contributed by atoms with van der Waals surface area (Å²) in [7, 11) is -3.33. The second-order valence-corrected chi connectivity index (χ2v) is 8.82. The molecule has 5 nitrogen and oxygen atoms in total. The van der Waals surface area contributed by atoms with E-state index in [4.69, 9.17) is 0 Å². The van der Waals surface area contributed by atoms with E-state index >= 15 is 0 Å². The van der Waals surface area contributed by atoms with E-state index in [0.29, 0.717) is 17.3 Å². The molecule has 0 amide bonds. The summed E-state index contributed by atoms with van der Waals surface area (Å²) in [4.78, 5) is 7.58. The highest BCUT2D eigenvalue weighted by Crippen LogP contribution is 2.25. The number of piperazine rings is 1. The Labute approximate surface area is 147 Å². The maximum absolute atomic E-state index is 12.6. The molecule has 0 aromatic carbocycles. The van der Waals surface area contributed by atoms with Crippen LogP contribution in [0, 0.1) is 6.92 Å². The molecule has 1 aliphatic rings. The second-order valence-electron chi connectivity index (χ2n) is 5.37. The van der Waals surface area contributed by atoms with Gasteiger partial charge < -0.3 is 0 Å². The first-order valence-corrected chi connectivity index (χ1v) is 9.50. The zero-order valence-electron chi connectivity index (χ0n) is 12.9. The Hall–Kier alpha value is -0.990. The molecular formula is C15H20ClN3O2S2. The summed E-state index contributed by atoms with van der Waals surface area (Å²) >= 11 is 1.34. The summed E-state index contributed by atoms with van der Waals surface area (Å²) in [6.07, 6.45) is 1.79. The van der Waals surface area contributed by atoms with Crippen LogP contribution in [0.2, 0.25) is 0 Å². The zero-order chi connectivity index (χ0) is 15.6. The van der Waals surface area contributed by atoms with E-state index in [0.717, 1.165) is 30.2 Å². The van der Waals surface area contributed by atoms with Crippen molar-refractivity contribution in [3.8, 4) is 0 Å². The summed E-state index contributed by atoms with van der Waals surface area (Å²) in [6, 6.07) is 9.43. The van der Waals surface area contributed by atoms with Crippen LogP contribution >= 0.6 is 23.7 Å². The molecule has 1 aliphatic heterocycles. The highest BCUT2D eigenvalue weighted by atomic mass is 35.5. The predicted octanol–water partition coefficient (Wildman–Crippen LogP) is 2.38. The van der Waals surface area contributed by atoms with E-state index in [2.05, 4.69) is 9.88 Å². The lowest BCUT2D eigenvalue weighted by Crippen LogP contribution is -2.48. The Balaban J connectivity index is 0.00000192. The SMILES string of the molecule is Cc1ccc(S(=O)(=O)N2CCN(Cc3ccccn3)CC2)s1.Cl. The van der Waals surface area contributed by atoms with Crippen molar-refractivity contribution < 1.29 is 8.42 Å². The van der Waals surface area contributed by atoms with Gasteiger partial charge in [-0.25, -0.2) is 8.42 Å². The minimum atomic E-state index is -3.33. The number of hydrogen-bond acceptors (Lipinski definition) is 5. The fourth-order valence-corrected chi connectivity index (χ4v) is 5.39. The fraction of sp³-hybridized carbons (Fsp3) is 0.400. The standard InChI is InChI=1S/C15H19N3O2S2.ClH/c1-13-5-6-15(21-13)22(19,20)18-10-8-17(9-11-18)12-14-4-2-3-7-16-14;/h2-7H,8-12H2,1H3;1H. The Kier molecular flexibility index (Phi) is 6.16. The van der Waals surface area contributed by atoms with Crippen molar-refractivity contribution in [1.82, 2.24) is 14.2 Å². The van der Waals surface area contributed by atoms with Crippen LogP contribution in [0.4, 0.5) is 0 Å². The molecule has 0 spiro atoms. The Morgan fingerprint density at radius 3 is 2.43 bits per heavy atom. The molecular weight excluding hydrogens is 354 g/mol. The average Bonchev–Trinajstić information content (AvgIpc) is 2.96. The van der Waals surface area contributed by atoms with Crippen molar-refractivity contribution >= 4 is 33.8 Å². The van der Waals surface area contributed by atoms with Gasteiger partial charge >= 0.3 is 0 Å². The third-order valence-corrected chi connectivity index (χ3v) is 7.12. The molecule has 126 valence electrons. The zero-order valence-corrected chi connectivity index (χ0v) is 15.3. The van der Waals surface area contributed by atoms with Crippen LogP contribution in [0.25, 0.3) is 0 Å². The summed E-state index contributed by atoms with van der Waals surface area (Å²) in [5.41, 5.74) is 1.02. The van der Waals surface area contributed by atoms with Crippen molar-refractivity contribution in [2.45, 2.75) is 17.7 Å². The molecule has 23 heavy (non-hydrogen) atoms. The normalized spacial score (nSPS) is 16.9. The minimum absolute atomic E-state index is 0. The van der Waals surface area contributed by atoms with Gasteiger partial charge in [0.05, 0.1) is 5.69 Å². The van der Waals surface area contributed by atoms with Gasteiger partial charge in [-0.2, -0.15) is 4.31 Å². The summed E-state index contributed by atoms with van der Waals surface area (Å²) < 4.78 is 27.2. The first-order valence-electron chi connectivity index (χ1n) is 7.24. The monoisotopic (exact) mass is 373 g/mol. The lowest BCUT2D eigenvalue weighted by Gasteiger charge is -2.33. The molecule has 1 saturated heterocycles. The molecule has 0 radical (unpaired) electrons.